The Kier molecular flexibility index (Phi) is 4.27. The van der Waals surface area contributed by atoms with Gasteiger partial charge < -0.3 is 4.74 Å². The van der Waals surface area contributed by atoms with E-state index in [2.05, 4.69) is 24.8 Å². The number of ether oxygens (including phenoxy) is 1. The van der Waals surface area contributed by atoms with Gasteiger partial charge in [0.2, 0.25) is 5.95 Å². The van der Waals surface area contributed by atoms with Crippen molar-refractivity contribution in [2.24, 2.45) is 0 Å². The molecule has 0 bridgehead atoms. The maximum atomic E-state index is 12.7. The third kappa shape index (κ3) is 3.24. The van der Waals surface area contributed by atoms with Crippen LogP contribution in [0.2, 0.25) is 0 Å². The van der Waals surface area contributed by atoms with E-state index in [0.29, 0.717) is 0 Å². The van der Waals surface area contributed by atoms with Crippen LogP contribution in [0.25, 0.3) is 5.95 Å². The largest absolute Gasteiger partial charge is 0.495 e. The van der Waals surface area contributed by atoms with Gasteiger partial charge >= 0.3 is 0 Å². The second kappa shape index (κ2) is 6.54. The molecule has 0 spiro atoms. The quantitative estimate of drug-likeness (QED) is 0.706. The van der Waals surface area contributed by atoms with Gasteiger partial charge in [0.1, 0.15) is 17.0 Å². The van der Waals surface area contributed by atoms with E-state index in [-0.39, 0.29) is 28.1 Å². The molecule has 11 heteroatoms. The predicted molar refractivity (Wildman–Crippen MR) is 85.5 cm³/mol. The minimum atomic E-state index is -4.04. The van der Waals surface area contributed by atoms with Gasteiger partial charge in [0.25, 0.3) is 16.0 Å². The minimum Gasteiger partial charge on any atom is -0.495 e. The number of sulfonamides is 1. The molecule has 25 heavy (non-hydrogen) atoms. The SMILES string of the molecule is COc1cc(C#N)ccc1S(=O)(=O)Nc1ncnn1-c1ncccn1. The van der Waals surface area contributed by atoms with Crippen LogP contribution in [0.3, 0.4) is 0 Å². The summed E-state index contributed by atoms with van der Waals surface area (Å²) in [5.74, 6) is 0.107. The van der Waals surface area contributed by atoms with E-state index < -0.39 is 10.0 Å². The first kappa shape index (κ1) is 16.3. The van der Waals surface area contributed by atoms with Gasteiger partial charge in [-0.1, -0.05) is 0 Å². The lowest BCUT2D eigenvalue weighted by Gasteiger charge is -2.11. The smallest absolute Gasteiger partial charge is 0.267 e. The van der Waals surface area contributed by atoms with Crippen LogP contribution in [0.1, 0.15) is 5.56 Å². The zero-order valence-electron chi connectivity index (χ0n) is 12.9. The van der Waals surface area contributed by atoms with Crippen LogP contribution in [0.5, 0.6) is 5.75 Å². The Morgan fingerprint density at radius 3 is 2.68 bits per heavy atom. The van der Waals surface area contributed by atoms with Crippen LogP contribution in [0.4, 0.5) is 5.95 Å². The van der Waals surface area contributed by atoms with Crippen molar-refractivity contribution < 1.29 is 13.2 Å². The van der Waals surface area contributed by atoms with Gasteiger partial charge in [0.05, 0.1) is 18.7 Å². The molecule has 2 heterocycles. The highest BCUT2D eigenvalue weighted by Gasteiger charge is 2.23. The van der Waals surface area contributed by atoms with Gasteiger partial charge in [-0.2, -0.15) is 20.0 Å². The first-order valence-corrected chi connectivity index (χ1v) is 8.32. The van der Waals surface area contributed by atoms with Gasteiger partial charge in [-0.05, 0) is 24.3 Å². The van der Waals surface area contributed by atoms with Crippen molar-refractivity contribution in [1.82, 2.24) is 24.7 Å². The average Bonchev–Trinajstić information content (AvgIpc) is 3.09. The molecule has 10 nitrogen and oxygen atoms in total. The van der Waals surface area contributed by atoms with Crippen molar-refractivity contribution in [1.29, 1.82) is 5.26 Å². The molecule has 3 rings (SSSR count). The lowest BCUT2D eigenvalue weighted by molar-refractivity contribution is 0.402. The minimum absolute atomic E-state index is 0.0357. The molecule has 1 aromatic carbocycles. The van der Waals surface area contributed by atoms with Crippen LogP contribution in [-0.4, -0.2) is 40.3 Å². The summed E-state index contributed by atoms with van der Waals surface area (Å²) in [6.07, 6.45) is 4.15. The molecule has 0 aliphatic carbocycles. The zero-order valence-corrected chi connectivity index (χ0v) is 13.7. The molecule has 0 atom stereocenters. The highest BCUT2D eigenvalue weighted by Crippen LogP contribution is 2.26. The van der Waals surface area contributed by atoms with Gasteiger partial charge in [-0.15, -0.1) is 0 Å². The number of nitrogens with zero attached hydrogens (tertiary/aromatic N) is 6. The maximum absolute atomic E-state index is 12.7. The van der Waals surface area contributed by atoms with E-state index in [0.717, 1.165) is 4.68 Å². The van der Waals surface area contributed by atoms with Crippen LogP contribution < -0.4 is 9.46 Å². The number of nitrogens with one attached hydrogen (secondary N) is 1. The number of anilines is 1. The standard InChI is InChI=1S/C14H11N7O3S/c1-24-11-7-10(8-15)3-4-12(11)25(22,23)20-14-18-9-19-21(14)13-16-5-2-6-17-13/h2-7,9H,1H3,(H,18,19,20). The summed E-state index contributed by atoms with van der Waals surface area (Å²) >= 11 is 0. The van der Waals surface area contributed by atoms with Crippen molar-refractivity contribution in [3.05, 3.63) is 48.5 Å². The highest BCUT2D eigenvalue weighted by molar-refractivity contribution is 7.92. The second-order valence-electron chi connectivity index (χ2n) is 4.63. The van der Waals surface area contributed by atoms with Crippen LogP contribution in [0, 0.1) is 11.3 Å². The number of aromatic nitrogens is 5. The molecule has 2 aromatic heterocycles. The number of hydrogen-bond acceptors (Lipinski definition) is 8. The van der Waals surface area contributed by atoms with Crippen LogP contribution in [0.15, 0.2) is 47.9 Å². The molecule has 0 radical (unpaired) electrons. The molecule has 0 amide bonds. The lowest BCUT2D eigenvalue weighted by atomic mass is 10.2. The fourth-order valence-electron chi connectivity index (χ4n) is 1.99. The predicted octanol–water partition coefficient (Wildman–Crippen LogP) is 0.738. The Morgan fingerprint density at radius 1 is 1.24 bits per heavy atom. The topological polar surface area (TPSA) is 136 Å². The summed E-state index contributed by atoms with van der Waals surface area (Å²) in [7, 11) is -2.73. The fourth-order valence-corrected chi connectivity index (χ4v) is 3.14. The van der Waals surface area contributed by atoms with Crippen molar-refractivity contribution >= 4 is 16.0 Å². The molecule has 0 unspecified atom stereocenters. The van der Waals surface area contributed by atoms with Gasteiger partial charge in [0.15, 0.2) is 0 Å². The number of rotatable bonds is 5. The Hall–Kier alpha value is -3.52. The highest BCUT2D eigenvalue weighted by atomic mass is 32.2. The first-order valence-electron chi connectivity index (χ1n) is 6.83. The van der Waals surface area contributed by atoms with Crippen molar-refractivity contribution in [3.8, 4) is 17.8 Å². The number of nitriles is 1. The van der Waals surface area contributed by atoms with Gasteiger partial charge in [0, 0.05) is 12.4 Å². The van der Waals surface area contributed by atoms with E-state index >= 15 is 0 Å². The van der Waals surface area contributed by atoms with E-state index in [9.17, 15) is 8.42 Å². The molecular weight excluding hydrogens is 346 g/mol. The monoisotopic (exact) mass is 357 g/mol. The summed E-state index contributed by atoms with van der Waals surface area (Å²) in [6, 6.07) is 7.52. The van der Waals surface area contributed by atoms with Gasteiger partial charge in [-0.3, -0.25) is 0 Å². The third-order valence-electron chi connectivity index (χ3n) is 3.10. The van der Waals surface area contributed by atoms with E-state index in [1.165, 1.54) is 44.0 Å². The molecule has 126 valence electrons. The molecule has 0 aliphatic rings. The number of benzene rings is 1. The van der Waals surface area contributed by atoms with E-state index in [4.69, 9.17) is 10.00 Å². The maximum Gasteiger partial charge on any atom is 0.267 e. The summed E-state index contributed by atoms with van der Waals surface area (Å²) in [6.45, 7) is 0. The first-order chi connectivity index (χ1) is 12.0. The zero-order chi connectivity index (χ0) is 17.9. The van der Waals surface area contributed by atoms with Gasteiger partial charge in [-0.25, -0.2) is 23.1 Å². The Labute approximate surface area is 142 Å². The lowest BCUT2D eigenvalue weighted by Crippen LogP contribution is -2.18. The van der Waals surface area contributed by atoms with Crippen molar-refractivity contribution in [2.45, 2.75) is 4.90 Å². The van der Waals surface area contributed by atoms with E-state index in [1.54, 1.807) is 6.07 Å². The second-order valence-corrected chi connectivity index (χ2v) is 6.28. The molecule has 0 fully saturated rings. The third-order valence-corrected chi connectivity index (χ3v) is 4.46. The number of methoxy groups -OCH3 is 1. The Bertz CT molecular complexity index is 1040. The molecule has 0 aliphatic heterocycles. The number of hydrogen-bond donors (Lipinski definition) is 1. The Morgan fingerprint density at radius 2 is 2.00 bits per heavy atom. The summed E-state index contributed by atoms with van der Waals surface area (Å²) < 4.78 is 33.9. The molecule has 0 saturated heterocycles. The molecule has 3 aromatic rings. The summed E-state index contributed by atoms with van der Waals surface area (Å²) in [5, 5.41) is 12.8. The van der Waals surface area contributed by atoms with Crippen LogP contribution >= 0.6 is 0 Å². The van der Waals surface area contributed by atoms with Crippen molar-refractivity contribution in [2.75, 3.05) is 11.8 Å². The van der Waals surface area contributed by atoms with Crippen LogP contribution in [-0.2, 0) is 10.0 Å². The summed E-state index contributed by atoms with van der Waals surface area (Å²) in [5.41, 5.74) is 0.275. The van der Waals surface area contributed by atoms with Crippen molar-refractivity contribution in [3.63, 3.8) is 0 Å². The molecule has 1 N–H and O–H groups in total. The molecule has 0 saturated carbocycles. The summed E-state index contributed by atoms with van der Waals surface area (Å²) in [4.78, 5) is 11.7. The Balaban J connectivity index is 1.99. The molecular formula is C14H11N7O3S. The fraction of sp³-hybridized carbons (Fsp3) is 0.0714. The van der Waals surface area contributed by atoms with E-state index in [1.807, 2.05) is 6.07 Å². The normalized spacial score (nSPS) is 10.9. The average molecular weight is 357 g/mol.